The lowest BCUT2D eigenvalue weighted by atomic mass is 10.1. The highest BCUT2D eigenvalue weighted by atomic mass is 16.7. The Morgan fingerprint density at radius 1 is 1.04 bits per heavy atom. The van der Waals surface area contributed by atoms with Gasteiger partial charge in [-0.1, -0.05) is 17.2 Å². The summed E-state index contributed by atoms with van der Waals surface area (Å²) >= 11 is 0. The first-order chi connectivity index (χ1) is 11.4. The number of imide groups is 1. The van der Waals surface area contributed by atoms with Gasteiger partial charge in [0.05, 0.1) is 24.4 Å². The molecule has 8 heteroatoms. The summed E-state index contributed by atoms with van der Waals surface area (Å²) in [6.45, 7) is 0. The number of ether oxygens (including phenoxy) is 1. The highest BCUT2D eigenvalue weighted by Gasteiger charge is 2.39. The Morgan fingerprint density at radius 3 is 2.17 bits per heavy atom. The minimum absolute atomic E-state index is 0.0507. The van der Waals surface area contributed by atoms with Gasteiger partial charge >= 0.3 is 5.97 Å². The molecule has 24 heavy (non-hydrogen) atoms. The van der Waals surface area contributed by atoms with E-state index in [0.717, 1.165) is 6.07 Å². The maximum absolute atomic E-state index is 12.2. The molecule has 8 nitrogen and oxygen atoms in total. The molecule has 0 fully saturated rings. The monoisotopic (exact) mass is 328 g/mol. The van der Waals surface area contributed by atoms with Crippen LogP contribution in [-0.4, -0.2) is 34.5 Å². The molecule has 2 aromatic rings. The van der Waals surface area contributed by atoms with Gasteiger partial charge in [0, 0.05) is 13.1 Å². The van der Waals surface area contributed by atoms with E-state index in [0.29, 0.717) is 5.06 Å². The first kappa shape index (κ1) is 15.5. The van der Waals surface area contributed by atoms with Crippen molar-refractivity contribution in [2.24, 2.45) is 7.05 Å². The van der Waals surface area contributed by atoms with E-state index in [1.54, 1.807) is 12.1 Å². The Morgan fingerprint density at radius 2 is 1.62 bits per heavy atom. The third-order valence-electron chi connectivity index (χ3n) is 3.56. The Kier molecular flexibility index (Phi) is 3.64. The molecule has 2 heterocycles. The molecule has 122 valence electrons. The maximum atomic E-state index is 12.2. The molecular formula is C16H12N2O6. The second kappa shape index (κ2) is 5.65. The van der Waals surface area contributed by atoms with Gasteiger partial charge in [-0.05, 0) is 12.1 Å². The van der Waals surface area contributed by atoms with Crippen molar-refractivity contribution in [2.75, 3.05) is 7.11 Å². The summed E-state index contributed by atoms with van der Waals surface area (Å²) in [4.78, 5) is 53.3. The number of nitrogens with zero attached hydrogens (tertiary/aromatic N) is 2. The van der Waals surface area contributed by atoms with Crippen molar-refractivity contribution >= 4 is 17.8 Å². The van der Waals surface area contributed by atoms with Crippen molar-refractivity contribution in [3.63, 3.8) is 0 Å². The van der Waals surface area contributed by atoms with Crippen LogP contribution in [0.1, 0.15) is 31.2 Å². The number of hydrogen-bond acceptors (Lipinski definition) is 6. The molecule has 0 bridgehead atoms. The molecule has 0 saturated heterocycles. The highest BCUT2D eigenvalue weighted by Crippen LogP contribution is 2.23. The Hall–Kier alpha value is -3.42. The minimum atomic E-state index is -1.01. The quantitative estimate of drug-likeness (QED) is 0.772. The van der Waals surface area contributed by atoms with E-state index in [4.69, 9.17) is 9.57 Å². The molecule has 1 aromatic carbocycles. The van der Waals surface area contributed by atoms with Crippen LogP contribution in [0.4, 0.5) is 0 Å². The second-order valence-corrected chi connectivity index (χ2v) is 5.03. The van der Waals surface area contributed by atoms with Crippen LogP contribution >= 0.6 is 0 Å². The summed E-state index contributed by atoms with van der Waals surface area (Å²) < 4.78 is 6.17. The highest BCUT2D eigenvalue weighted by molar-refractivity contribution is 6.21. The van der Waals surface area contributed by atoms with Gasteiger partial charge in [-0.3, -0.25) is 14.4 Å². The molecule has 0 atom stereocenters. The molecule has 0 aliphatic carbocycles. The van der Waals surface area contributed by atoms with Crippen LogP contribution < -0.4 is 10.2 Å². The molecular weight excluding hydrogens is 316 g/mol. The number of fused-ring (bicyclic) bond motifs is 1. The van der Waals surface area contributed by atoms with Crippen LogP contribution in [0.2, 0.25) is 0 Å². The van der Waals surface area contributed by atoms with Crippen molar-refractivity contribution in [3.05, 3.63) is 63.6 Å². The van der Waals surface area contributed by atoms with Crippen molar-refractivity contribution in [2.45, 2.75) is 0 Å². The van der Waals surface area contributed by atoms with Gasteiger partial charge in [-0.15, -0.1) is 0 Å². The first-order valence-corrected chi connectivity index (χ1v) is 6.89. The number of benzene rings is 1. The number of rotatable bonds is 3. The molecule has 1 aliphatic heterocycles. The molecule has 1 aromatic heterocycles. The van der Waals surface area contributed by atoms with Crippen LogP contribution in [-0.2, 0) is 11.9 Å². The number of carbonyl (C=O) groups excluding carboxylic acids is 3. The second-order valence-electron chi connectivity index (χ2n) is 5.03. The van der Waals surface area contributed by atoms with Crippen molar-refractivity contribution in [1.82, 2.24) is 9.63 Å². The van der Waals surface area contributed by atoms with Crippen LogP contribution in [0.3, 0.4) is 0 Å². The molecule has 0 spiro atoms. The Labute approximate surface area is 135 Å². The SMILES string of the molecule is COc1cn(C)c(C(=O)ON2C(=O)c3ccccc3C2=O)cc1=O. The Balaban J connectivity index is 1.89. The van der Waals surface area contributed by atoms with Gasteiger partial charge in [0.2, 0.25) is 5.43 Å². The lowest BCUT2D eigenvalue weighted by Crippen LogP contribution is -2.33. The number of methoxy groups -OCH3 is 1. The first-order valence-electron chi connectivity index (χ1n) is 6.89. The fourth-order valence-electron chi connectivity index (χ4n) is 2.34. The van der Waals surface area contributed by atoms with Crippen LogP contribution in [0.25, 0.3) is 0 Å². The molecule has 1 aliphatic rings. The van der Waals surface area contributed by atoms with Gasteiger partial charge in [0.1, 0.15) is 5.69 Å². The molecule has 3 rings (SSSR count). The number of aromatic nitrogens is 1. The van der Waals surface area contributed by atoms with Gasteiger partial charge in [-0.2, -0.15) is 0 Å². The summed E-state index contributed by atoms with van der Waals surface area (Å²) in [7, 11) is 2.83. The summed E-state index contributed by atoms with van der Waals surface area (Å²) in [6, 6.07) is 7.14. The minimum Gasteiger partial charge on any atom is -0.491 e. The van der Waals surface area contributed by atoms with Crippen molar-refractivity contribution in [1.29, 1.82) is 0 Å². The average molecular weight is 328 g/mol. The number of aryl methyl sites for hydroxylation is 1. The fraction of sp³-hybridized carbons (Fsp3) is 0.125. The third-order valence-corrected chi connectivity index (χ3v) is 3.56. The smallest absolute Gasteiger partial charge is 0.380 e. The predicted molar refractivity (Wildman–Crippen MR) is 80.6 cm³/mol. The number of amides is 2. The molecule has 0 N–H and O–H groups in total. The number of hydroxylamine groups is 2. The zero-order valence-corrected chi connectivity index (χ0v) is 12.8. The number of carbonyl (C=O) groups is 3. The largest absolute Gasteiger partial charge is 0.491 e. The van der Waals surface area contributed by atoms with Gasteiger partial charge in [0.15, 0.2) is 5.75 Å². The van der Waals surface area contributed by atoms with E-state index < -0.39 is 23.2 Å². The van der Waals surface area contributed by atoms with Crippen LogP contribution in [0.5, 0.6) is 5.75 Å². The normalized spacial score (nSPS) is 13.0. The predicted octanol–water partition coefficient (Wildman–Crippen LogP) is 0.762. The van der Waals surface area contributed by atoms with E-state index in [1.165, 1.54) is 37.1 Å². The van der Waals surface area contributed by atoms with Crippen LogP contribution in [0.15, 0.2) is 41.3 Å². The van der Waals surface area contributed by atoms with E-state index in [-0.39, 0.29) is 22.6 Å². The topological polar surface area (TPSA) is 94.9 Å². The van der Waals surface area contributed by atoms with Gasteiger partial charge in [-0.25, -0.2) is 4.79 Å². The van der Waals surface area contributed by atoms with Crippen molar-refractivity contribution in [3.8, 4) is 5.75 Å². The molecule has 0 radical (unpaired) electrons. The number of pyridine rings is 1. The zero-order valence-electron chi connectivity index (χ0n) is 12.8. The summed E-state index contributed by atoms with van der Waals surface area (Å²) in [6.07, 6.45) is 1.31. The molecule has 0 unspecified atom stereocenters. The molecule has 0 saturated carbocycles. The standard InChI is InChI=1S/C16H12N2O6/c1-17-8-13(23-2)12(19)7-11(17)16(22)24-18-14(20)9-5-3-4-6-10(9)15(18)21/h3-8H,1-2H3. The Bertz CT molecular complexity index is 895. The third kappa shape index (κ3) is 2.34. The molecule has 2 amide bonds. The fourth-order valence-corrected chi connectivity index (χ4v) is 2.34. The number of hydrogen-bond donors (Lipinski definition) is 0. The van der Waals surface area contributed by atoms with E-state index >= 15 is 0 Å². The lowest BCUT2D eigenvalue weighted by Gasteiger charge is -2.14. The van der Waals surface area contributed by atoms with E-state index in [9.17, 15) is 19.2 Å². The summed E-state index contributed by atoms with van der Waals surface area (Å²) in [5.41, 5.74) is -0.347. The van der Waals surface area contributed by atoms with E-state index in [1.807, 2.05) is 0 Å². The summed E-state index contributed by atoms with van der Waals surface area (Å²) in [5, 5.41) is 0.391. The van der Waals surface area contributed by atoms with Gasteiger partial charge in [0.25, 0.3) is 11.8 Å². The zero-order chi connectivity index (χ0) is 17.4. The van der Waals surface area contributed by atoms with Gasteiger partial charge < -0.3 is 14.1 Å². The van der Waals surface area contributed by atoms with E-state index in [2.05, 4.69) is 0 Å². The van der Waals surface area contributed by atoms with Crippen molar-refractivity contribution < 1.29 is 24.0 Å². The van der Waals surface area contributed by atoms with Crippen LogP contribution in [0, 0.1) is 0 Å². The maximum Gasteiger partial charge on any atom is 0.380 e. The average Bonchev–Trinajstić information content (AvgIpc) is 2.82. The summed E-state index contributed by atoms with van der Waals surface area (Å²) in [5.74, 6) is -2.42. The lowest BCUT2D eigenvalue weighted by molar-refractivity contribution is -0.0591.